The Morgan fingerprint density at radius 2 is 2.29 bits per heavy atom. The Kier molecular flexibility index (Phi) is 4.06. The van der Waals surface area contributed by atoms with E-state index in [-0.39, 0.29) is 12.5 Å². The molecule has 17 heavy (non-hydrogen) atoms. The molecule has 0 aliphatic rings. The first-order chi connectivity index (χ1) is 8.33. The van der Waals surface area contributed by atoms with Crippen molar-refractivity contribution in [3.8, 4) is 0 Å². The number of aliphatic hydroxyl groups excluding tert-OH is 1. The summed E-state index contributed by atoms with van der Waals surface area (Å²) in [7, 11) is 0. The van der Waals surface area contributed by atoms with Crippen LogP contribution in [0.1, 0.15) is 23.2 Å². The van der Waals surface area contributed by atoms with Gasteiger partial charge in [-0.2, -0.15) is 0 Å². The summed E-state index contributed by atoms with van der Waals surface area (Å²) in [6.45, 7) is 0.747. The van der Waals surface area contributed by atoms with Gasteiger partial charge in [0.2, 0.25) is 0 Å². The van der Waals surface area contributed by atoms with Crippen molar-refractivity contribution in [2.24, 2.45) is 0 Å². The Hall–Kier alpha value is -1.46. The van der Waals surface area contributed by atoms with Crippen molar-refractivity contribution in [3.63, 3.8) is 0 Å². The van der Waals surface area contributed by atoms with Gasteiger partial charge in [-0.3, -0.25) is 4.79 Å². The van der Waals surface area contributed by atoms with Crippen molar-refractivity contribution in [1.29, 1.82) is 0 Å². The molecule has 4 nitrogen and oxygen atoms in total. The van der Waals surface area contributed by atoms with Crippen LogP contribution in [0, 0.1) is 0 Å². The number of carbonyl (C=O) groups excluding carboxylic acids is 1. The van der Waals surface area contributed by atoms with Crippen molar-refractivity contribution >= 4 is 27.5 Å². The SMILES string of the molecule is O=C(NCCCCO)c1cccc2scnc12. The predicted octanol–water partition coefficient (Wildman–Crippen LogP) is 1.80. The smallest absolute Gasteiger partial charge is 0.253 e. The Morgan fingerprint density at radius 1 is 1.41 bits per heavy atom. The van der Waals surface area contributed by atoms with Gasteiger partial charge in [-0.1, -0.05) is 6.07 Å². The van der Waals surface area contributed by atoms with Gasteiger partial charge < -0.3 is 10.4 Å². The zero-order chi connectivity index (χ0) is 12.1. The number of hydrogen-bond acceptors (Lipinski definition) is 4. The van der Waals surface area contributed by atoms with E-state index in [1.54, 1.807) is 11.6 Å². The van der Waals surface area contributed by atoms with Crippen molar-refractivity contribution in [1.82, 2.24) is 10.3 Å². The number of benzene rings is 1. The van der Waals surface area contributed by atoms with Crippen molar-refractivity contribution < 1.29 is 9.90 Å². The van der Waals surface area contributed by atoms with E-state index in [1.807, 2.05) is 12.1 Å². The molecule has 0 saturated heterocycles. The molecule has 0 unspecified atom stereocenters. The number of rotatable bonds is 5. The summed E-state index contributed by atoms with van der Waals surface area (Å²) in [6, 6.07) is 5.60. The standard InChI is InChI=1S/C12H14N2O2S/c15-7-2-1-6-13-12(16)9-4-3-5-10-11(9)14-8-17-10/h3-5,8,15H,1-2,6-7H2,(H,13,16). The number of hydrogen-bond donors (Lipinski definition) is 2. The van der Waals surface area contributed by atoms with Crippen molar-refractivity contribution in [2.45, 2.75) is 12.8 Å². The van der Waals surface area contributed by atoms with Crippen molar-refractivity contribution in [2.75, 3.05) is 13.2 Å². The summed E-state index contributed by atoms with van der Waals surface area (Å²) in [5, 5.41) is 11.5. The van der Waals surface area contributed by atoms with Crippen LogP contribution < -0.4 is 5.32 Å². The molecular weight excluding hydrogens is 236 g/mol. The first-order valence-corrected chi connectivity index (χ1v) is 6.42. The number of thiazole rings is 1. The molecule has 0 aliphatic carbocycles. The zero-order valence-electron chi connectivity index (χ0n) is 9.35. The third-order valence-corrected chi connectivity index (χ3v) is 3.27. The summed E-state index contributed by atoms with van der Waals surface area (Å²) < 4.78 is 1.02. The number of carbonyl (C=O) groups is 1. The number of fused-ring (bicyclic) bond motifs is 1. The average molecular weight is 250 g/mol. The minimum Gasteiger partial charge on any atom is -0.396 e. The lowest BCUT2D eigenvalue weighted by atomic mass is 10.2. The third kappa shape index (κ3) is 2.81. The minimum atomic E-state index is -0.0977. The Bertz CT molecular complexity index is 510. The number of amides is 1. The third-order valence-electron chi connectivity index (χ3n) is 2.48. The van der Waals surface area contributed by atoms with Gasteiger partial charge in [-0.25, -0.2) is 4.98 Å². The fourth-order valence-electron chi connectivity index (χ4n) is 1.60. The van der Waals surface area contributed by atoms with Gasteiger partial charge in [-0.15, -0.1) is 11.3 Å². The summed E-state index contributed by atoms with van der Waals surface area (Å²) in [5.74, 6) is -0.0977. The van der Waals surface area contributed by atoms with Crippen LogP contribution in [0.5, 0.6) is 0 Å². The molecule has 5 heteroatoms. The highest BCUT2D eigenvalue weighted by molar-refractivity contribution is 7.16. The monoisotopic (exact) mass is 250 g/mol. The normalized spacial score (nSPS) is 10.6. The fourth-order valence-corrected chi connectivity index (χ4v) is 2.31. The number of aromatic nitrogens is 1. The second kappa shape index (κ2) is 5.75. The van der Waals surface area contributed by atoms with E-state index in [4.69, 9.17) is 5.11 Å². The van der Waals surface area contributed by atoms with Crippen LogP contribution in [0.15, 0.2) is 23.7 Å². The molecule has 2 N–H and O–H groups in total. The first-order valence-electron chi connectivity index (χ1n) is 5.54. The van der Waals surface area contributed by atoms with E-state index in [1.165, 1.54) is 11.3 Å². The lowest BCUT2D eigenvalue weighted by Gasteiger charge is -2.04. The molecule has 2 rings (SSSR count). The molecule has 0 fully saturated rings. The molecule has 1 aromatic heterocycles. The number of nitrogens with one attached hydrogen (secondary N) is 1. The topological polar surface area (TPSA) is 62.2 Å². The number of aliphatic hydroxyl groups is 1. The average Bonchev–Trinajstić information content (AvgIpc) is 2.82. The molecule has 90 valence electrons. The Balaban J connectivity index is 2.06. The van der Waals surface area contributed by atoms with Crippen LogP contribution >= 0.6 is 11.3 Å². The fraction of sp³-hybridized carbons (Fsp3) is 0.333. The van der Waals surface area contributed by atoms with E-state index in [2.05, 4.69) is 10.3 Å². The maximum absolute atomic E-state index is 11.9. The summed E-state index contributed by atoms with van der Waals surface area (Å²) in [4.78, 5) is 16.1. The lowest BCUT2D eigenvalue weighted by molar-refractivity contribution is 0.0953. The van der Waals surface area contributed by atoms with Gasteiger partial charge in [0.05, 0.1) is 21.3 Å². The van der Waals surface area contributed by atoms with Gasteiger partial charge in [0.25, 0.3) is 5.91 Å². The second-order valence-corrected chi connectivity index (χ2v) is 4.58. The maximum Gasteiger partial charge on any atom is 0.253 e. The molecule has 0 saturated carbocycles. The molecule has 0 spiro atoms. The second-order valence-electron chi connectivity index (χ2n) is 3.69. The van der Waals surface area contributed by atoms with Gasteiger partial charge in [0.1, 0.15) is 0 Å². The van der Waals surface area contributed by atoms with Crippen molar-refractivity contribution in [3.05, 3.63) is 29.3 Å². The molecular formula is C12H14N2O2S. The van der Waals surface area contributed by atoms with Gasteiger partial charge in [-0.05, 0) is 25.0 Å². The highest BCUT2D eigenvalue weighted by Crippen LogP contribution is 2.20. The van der Waals surface area contributed by atoms with E-state index in [0.717, 1.165) is 16.6 Å². The van der Waals surface area contributed by atoms with E-state index < -0.39 is 0 Å². The molecule has 0 bridgehead atoms. The Labute approximate surface area is 103 Å². The molecule has 0 aliphatic heterocycles. The van der Waals surface area contributed by atoms with E-state index in [0.29, 0.717) is 18.5 Å². The first kappa shape index (κ1) is 12.0. The minimum absolute atomic E-state index is 0.0977. The van der Waals surface area contributed by atoms with E-state index in [9.17, 15) is 4.79 Å². The van der Waals surface area contributed by atoms with Crippen LogP contribution in [0.4, 0.5) is 0 Å². The molecule has 2 aromatic rings. The molecule has 0 atom stereocenters. The maximum atomic E-state index is 11.9. The lowest BCUT2D eigenvalue weighted by Crippen LogP contribution is -2.24. The van der Waals surface area contributed by atoms with Gasteiger partial charge in [0, 0.05) is 13.2 Å². The summed E-state index contributed by atoms with van der Waals surface area (Å²) >= 11 is 1.53. The van der Waals surface area contributed by atoms with Crippen LogP contribution in [0.3, 0.4) is 0 Å². The van der Waals surface area contributed by atoms with Crippen LogP contribution in [-0.2, 0) is 0 Å². The highest BCUT2D eigenvalue weighted by atomic mass is 32.1. The number of para-hydroxylation sites is 1. The molecule has 1 aromatic carbocycles. The number of unbranched alkanes of at least 4 members (excludes halogenated alkanes) is 1. The quantitative estimate of drug-likeness (QED) is 0.795. The van der Waals surface area contributed by atoms with E-state index >= 15 is 0 Å². The van der Waals surface area contributed by atoms with Crippen LogP contribution in [-0.4, -0.2) is 29.1 Å². The van der Waals surface area contributed by atoms with Gasteiger partial charge in [0.15, 0.2) is 0 Å². The molecule has 0 radical (unpaired) electrons. The molecule has 1 amide bonds. The molecule has 1 heterocycles. The summed E-state index contributed by atoms with van der Waals surface area (Å²) in [5.41, 5.74) is 3.12. The largest absolute Gasteiger partial charge is 0.396 e. The zero-order valence-corrected chi connectivity index (χ0v) is 10.2. The van der Waals surface area contributed by atoms with Crippen LogP contribution in [0.2, 0.25) is 0 Å². The van der Waals surface area contributed by atoms with Gasteiger partial charge >= 0.3 is 0 Å². The van der Waals surface area contributed by atoms with Crippen LogP contribution in [0.25, 0.3) is 10.2 Å². The summed E-state index contributed by atoms with van der Waals surface area (Å²) in [6.07, 6.45) is 1.50. The Morgan fingerprint density at radius 3 is 3.12 bits per heavy atom. The predicted molar refractivity (Wildman–Crippen MR) is 68.3 cm³/mol. The highest BCUT2D eigenvalue weighted by Gasteiger charge is 2.10. The number of nitrogens with zero attached hydrogens (tertiary/aromatic N) is 1.